The average molecular weight is 459 g/mol. The number of carbonyl (C=O) groups is 2. The van der Waals surface area contributed by atoms with E-state index in [0.29, 0.717) is 29.3 Å². The molecule has 0 bridgehead atoms. The third-order valence-corrected chi connectivity index (χ3v) is 5.98. The zero-order chi connectivity index (χ0) is 23.8. The first-order valence-corrected chi connectivity index (χ1v) is 10.9. The van der Waals surface area contributed by atoms with Crippen LogP contribution >= 0.6 is 0 Å². The van der Waals surface area contributed by atoms with Gasteiger partial charge in [-0.1, -0.05) is 30.3 Å². The lowest BCUT2D eigenvalue weighted by molar-refractivity contribution is -0.385. The van der Waals surface area contributed by atoms with Crippen LogP contribution in [0.2, 0.25) is 0 Å². The molecule has 0 spiro atoms. The van der Waals surface area contributed by atoms with Gasteiger partial charge in [0.1, 0.15) is 17.7 Å². The second-order valence-corrected chi connectivity index (χ2v) is 7.91. The lowest BCUT2D eigenvalue weighted by Gasteiger charge is -2.28. The van der Waals surface area contributed by atoms with Crippen LogP contribution in [-0.2, 0) is 14.4 Å². The molecule has 3 atom stereocenters. The Hall–Kier alpha value is -4.24. The molecule has 2 saturated heterocycles. The van der Waals surface area contributed by atoms with Crippen LogP contribution < -0.4 is 14.7 Å². The third-order valence-electron chi connectivity index (χ3n) is 5.98. The number of anilines is 2. The van der Waals surface area contributed by atoms with Crippen LogP contribution in [0.4, 0.5) is 17.1 Å². The number of hydroxylamine groups is 1. The fourth-order valence-corrected chi connectivity index (χ4v) is 4.55. The fourth-order valence-electron chi connectivity index (χ4n) is 4.55. The van der Waals surface area contributed by atoms with Crippen LogP contribution in [0.1, 0.15) is 18.5 Å². The van der Waals surface area contributed by atoms with E-state index in [-0.39, 0.29) is 5.69 Å². The topological polar surface area (TPSA) is 102 Å². The molecule has 2 amide bonds. The normalized spacial score (nSPS) is 21.6. The van der Waals surface area contributed by atoms with Crippen molar-refractivity contribution in [3.8, 4) is 5.75 Å². The van der Waals surface area contributed by atoms with Crippen molar-refractivity contribution in [1.82, 2.24) is 0 Å². The molecule has 2 aliphatic rings. The molecule has 2 fully saturated rings. The number of para-hydroxylation sites is 2. The summed E-state index contributed by atoms with van der Waals surface area (Å²) >= 11 is 0. The SMILES string of the molecule is CCOc1ccc(N2C(=O)[C@@H]3[C@H](ON(c4ccccc4)[C@@H]3c3ccccc3[N+](=O)[O-])C2=O)cc1. The molecule has 5 rings (SSSR count). The van der Waals surface area contributed by atoms with Gasteiger partial charge >= 0.3 is 0 Å². The second-order valence-electron chi connectivity index (χ2n) is 7.91. The van der Waals surface area contributed by atoms with Crippen LogP contribution in [0.3, 0.4) is 0 Å². The highest BCUT2D eigenvalue weighted by Gasteiger charge is 2.61. The number of benzene rings is 3. The van der Waals surface area contributed by atoms with Gasteiger partial charge in [0, 0.05) is 6.07 Å². The number of nitro benzene ring substituents is 1. The van der Waals surface area contributed by atoms with E-state index in [1.807, 2.05) is 13.0 Å². The van der Waals surface area contributed by atoms with E-state index >= 15 is 0 Å². The highest BCUT2D eigenvalue weighted by atomic mass is 16.7. The number of nitrogens with zero attached hydrogens (tertiary/aromatic N) is 3. The zero-order valence-electron chi connectivity index (χ0n) is 18.2. The Balaban J connectivity index is 1.58. The van der Waals surface area contributed by atoms with Crippen molar-refractivity contribution >= 4 is 28.9 Å². The Morgan fingerprint density at radius 1 is 0.912 bits per heavy atom. The number of hydrogen-bond donors (Lipinski definition) is 0. The van der Waals surface area contributed by atoms with Gasteiger partial charge < -0.3 is 4.74 Å². The van der Waals surface area contributed by atoms with Crippen molar-refractivity contribution in [2.75, 3.05) is 16.6 Å². The van der Waals surface area contributed by atoms with E-state index in [0.717, 1.165) is 4.90 Å². The lowest BCUT2D eigenvalue weighted by atomic mass is 9.89. The molecule has 0 N–H and O–H groups in total. The molecular weight excluding hydrogens is 438 g/mol. The van der Waals surface area contributed by atoms with Crippen LogP contribution in [0.25, 0.3) is 0 Å². The maximum Gasteiger partial charge on any atom is 0.274 e. The standard InChI is InChI=1S/C25H21N3O6/c1-2-33-18-14-12-16(13-15-18)26-24(29)21-22(19-10-6-7-11-20(19)28(31)32)27(34-23(21)25(26)30)17-8-4-3-5-9-17/h3-15,21-23H,2H2,1H3/t21-,22+,23-/m0/s1. The number of imide groups is 1. The fraction of sp³-hybridized carbons (Fsp3) is 0.200. The maximum atomic E-state index is 13.6. The van der Waals surface area contributed by atoms with Crippen LogP contribution in [-0.4, -0.2) is 29.4 Å². The molecule has 2 heterocycles. The number of fused-ring (bicyclic) bond motifs is 1. The molecule has 9 heteroatoms. The summed E-state index contributed by atoms with van der Waals surface area (Å²) in [7, 11) is 0. The molecule has 3 aromatic carbocycles. The Morgan fingerprint density at radius 2 is 1.59 bits per heavy atom. The molecule has 34 heavy (non-hydrogen) atoms. The molecule has 9 nitrogen and oxygen atoms in total. The lowest BCUT2D eigenvalue weighted by Crippen LogP contribution is -2.37. The van der Waals surface area contributed by atoms with E-state index in [9.17, 15) is 19.7 Å². The zero-order valence-corrected chi connectivity index (χ0v) is 18.2. The van der Waals surface area contributed by atoms with Crippen LogP contribution in [0.15, 0.2) is 78.9 Å². The Kier molecular flexibility index (Phi) is 5.46. The highest BCUT2D eigenvalue weighted by molar-refractivity contribution is 6.24. The Labute approximate surface area is 195 Å². The highest BCUT2D eigenvalue weighted by Crippen LogP contribution is 2.49. The minimum Gasteiger partial charge on any atom is -0.494 e. The summed E-state index contributed by atoms with van der Waals surface area (Å²) in [6.07, 6.45) is -1.11. The van der Waals surface area contributed by atoms with Gasteiger partial charge in [0.15, 0.2) is 6.10 Å². The van der Waals surface area contributed by atoms with Crippen molar-refractivity contribution in [3.63, 3.8) is 0 Å². The molecule has 172 valence electrons. The first-order chi connectivity index (χ1) is 16.5. The molecule has 0 saturated carbocycles. The van der Waals surface area contributed by atoms with Gasteiger partial charge in [0.25, 0.3) is 11.6 Å². The van der Waals surface area contributed by atoms with Crippen molar-refractivity contribution < 1.29 is 24.1 Å². The molecule has 0 aliphatic carbocycles. The van der Waals surface area contributed by atoms with Gasteiger partial charge in [-0.3, -0.25) is 24.5 Å². The van der Waals surface area contributed by atoms with Gasteiger partial charge in [-0.15, -0.1) is 0 Å². The summed E-state index contributed by atoms with van der Waals surface area (Å²) in [4.78, 5) is 45.5. The molecule has 2 aliphatic heterocycles. The van der Waals surface area contributed by atoms with Crippen molar-refractivity contribution in [3.05, 3.63) is 94.5 Å². The first-order valence-electron chi connectivity index (χ1n) is 10.9. The number of rotatable bonds is 6. The summed E-state index contributed by atoms with van der Waals surface area (Å²) in [5, 5.41) is 13.3. The second kappa shape index (κ2) is 8.60. The molecular formula is C25H21N3O6. The number of ether oxygens (including phenoxy) is 1. The monoisotopic (exact) mass is 459 g/mol. The van der Waals surface area contributed by atoms with Gasteiger partial charge in [-0.25, -0.2) is 9.96 Å². The predicted molar refractivity (Wildman–Crippen MR) is 123 cm³/mol. The van der Waals surface area contributed by atoms with Crippen molar-refractivity contribution in [1.29, 1.82) is 0 Å². The summed E-state index contributed by atoms with van der Waals surface area (Å²) in [5.41, 5.74) is 1.15. The average Bonchev–Trinajstić information content (AvgIpc) is 3.36. The molecule has 0 aromatic heterocycles. The quantitative estimate of drug-likeness (QED) is 0.311. The van der Waals surface area contributed by atoms with Gasteiger partial charge in [-0.2, -0.15) is 0 Å². The minimum atomic E-state index is -1.11. The van der Waals surface area contributed by atoms with Crippen LogP contribution in [0.5, 0.6) is 5.75 Å². The first kappa shape index (κ1) is 21.6. The number of carbonyl (C=O) groups excluding carboxylic acids is 2. The van der Waals surface area contributed by atoms with E-state index in [4.69, 9.17) is 9.57 Å². The van der Waals surface area contributed by atoms with E-state index in [1.54, 1.807) is 66.7 Å². The number of nitro groups is 1. The third kappa shape index (κ3) is 3.46. The number of amides is 2. The van der Waals surface area contributed by atoms with Gasteiger partial charge in [0.05, 0.1) is 28.5 Å². The molecule has 3 aromatic rings. The summed E-state index contributed by atoms with van der Waals surface area (Å²) in [6.45, 7) is 2.35. The molecule has 0 unspecified atom stereocenters. The van der Waals surface area contributed by atoms with Crippen molar-refractivity contribution in [2.24, 2.45) is 5.92 Å². The largest absolute Gasteiger partial charge is 0.494 e. The summed E-state index contributed by atoms with van der Waals surface area (Å²) < 4.78 is 5.44. The van der Waals surface area contributed by atoms with Gasteiger partial charge in [-0.05, 0) is 49.4 Å². The predicted octanol–water partition coefficient (Wildman–Crippen LogP) is 4.04. The summed E-state index contributed by atoms with van der Waals surface area (Å²) in [6, 6.07) is 20.9. The minimum absolute atomic E-state index is 0.141. The maximum absolute atomic E-state index is 13.6. The number of hydrogen-bond acceptors (Lipinski definition) is 7. The summed E-state index contributed by atoms with van der Waals surface area (Å²) in [5.74, 6) is -1.32. The molecule has 0 radical (unpaired) electrons. The Bertz CT molecular complexity index is 1250. The van der Waals surface area contributed by atoms with E-state index in [1.165, 1.54) is 11.1 Å². The van der Waals surface area contributed by atoms with Crippen LogP contribution in [0, 0.1) is 16.0 Å². The smallest absolute Gasteiger partial charge is 0.274 e. The Morgan fingerprint density at radius 3 is 2.26 bits per heavy atom. The van der Waals surface area contributed by atoms with E-state index in [2.05, 4.69) is 0 Å². The van der Waals surface area contributed by atoms with Crippen molar-refractivity contribution in [2.45, 2.75) is 19.1 Å². The van der Waals surface area contributed by atoms with E-state index < -0.39 is 34.8 Å². The van der Waals surface area contributed by atoms with Gasteiger partial charge in [0.2, 0.25) is 5.91 Å².